The number of pyridine rings is 1. The van der Waals surface area contributed by atoms with Gasteiger partial charge in [0, 0.05) is 18.3 Å². The Morgan fingerprint density at radius 3 is 2.41 bits per heavy atom. The molecular formula is C14H15NO2. The number of phenolic OH excluding ortho intramolecular Hbond substituents is 1. The molecule has 0 aliphatic carbocycles. The second-order valence-corrected chi connectivity index (χ2v) is 4.32. The molecule has 17 heavy (non-hydrogen) atoms. The van der Waals surface area contributed by atoms with Gasteiger partial charge in [0.1, 0.15) is 5.75 Å². The zero-order valence-corrected chi connectivity index (χ0v) is 9.67. The number of nitrogens with zero attached hydrogens (tertiary/aromatic N) is 1. The zero-order chi connectivity index (χ0) is 12.3. The highest BCUT2D eigenvalue weighted by Gasteiger charge is 2.23. The van der Waals surface area contributed by atoms with Crippen LogP contribution in [0.25, 0.3) is 0 Å². The molecule has 0 spiro atoms. The summed E-state index contributed by atoms with van der Waals surface area (Å²) < 4.78 is 0. The molecule has 3 heteroatoms. The van der Waals surface area contributed by atoms with Crippen molar-refractivity contribution in [2.75, 3.05) is 0 Å². The highest BCUT2D eigenvalue weighted by molar-refractivity contribution is 5.30. The lowest BCUT2D eigenvalue weighted by atomic mass is 9.91. The number of hydrogen-bond acceptors (Lipinski definition) is 3. The lowest BCUT2D eigenvalue weighted by Gasteiger charge is -2.23. The van der Waals surface area contributed by atoms with Crippen LogP contribution < -0.4 is 0 Å². The Labute approximate surface area is 100 Å². The lowest BCUT2D eigenvalue weighted by Crippen LogP contribution is -2.24. The summed E-state index contributed by atoms with van der Waals surface area (Å²) >= 11 is 0. The number of benzene rings is 1. The van der Waals surface area contributed by atoms with Crippen LogP contribution in [0.15, 0.2) is 48.7 Å². The van der Waals surface area contributed by atoms with Gasteiger partial charge in [-0.3, -0.25) is 4.98 Å². The van der Waals surface area contributed by atoms with E-state index in [0.29, 0.717) is 6.42 Å². The Bertz CT molecular complexity index is 477. The fourth-order valence-corrected chi connectivity index (χ4v) is 1.78. The first-order valence-corrected chi connectivity index (χ1v) is 5.50. The second-order valence-electron chi connectivity index (χ2n) is 4.32. The molecule has 1 heterocycles. The third kappa shape index (κ3) is 2.82. The fourth-order valence-electron chi connectivity index (χ4n) is 1.78. The van der Waals surface area contributed by atoms with E-state index < -0.39 is 5.60 Å². The van der Waals surface area contributed by atoms with Gasteiger partial charge in [0.05, 0.1) is 5.60 Å². The third-order valence-corrected chi connectivity index (χ3v) is 2.74. The van der Waals surface area contributed by atoms with Gasteiger partial charge in [0.2, 0.25) is 0 Å². The van der Waals surface area contributed by atoms with Gasteiger partial charge in [-0.15, -0.1) is 0 Å². The van der Waals surface area contributed by atoms with E-state index in [-0.39, 0.29) is 5.75 Å². The molecule has 0 aliphatic rings. The van der Waals surface area contributed by atoms with Crippen LogP contribution in [0, 0.1) is 0 Å². The molecule has 2 aromatic rings. The van der Waals surface area contributed by atoms with Crippen molar-refractivity contribution in [1.29, 1.82) is 0 Å². The van der Waals surface area contributed by atoms with Gasteiger partial charge in [0.25, 0.3) is 0 Å². The Kier molecular flexibility index (Phi) is 3.11. The molecule has 0 bridgehead atoms. The number of aromatic hydroxyl groups is 1. The second kappa shape index (κ2) is 4.55. The van der Waals surface area contributed by atoms with Crippen LogP contribution in [0.4, 0.5) is 0 Å². The molecule has 2 N–H and O–H groups in total. The molecule has 1 unspecified atom stereocenters. The van der Waals surface area contributed by atoms with Crippen molar-refractivity contribution in [2.45, 2.75) is 18.9 Å². The molecule has 88 valence electrons. The highest BCUT2D eigenvalue weighted by Crippen LogP contribution is 2.25. The zero-order valence-electron chi connectivity index (χ0n) is 9.67. The summed E-state index contributed by atoms with van der Waals surface area (Å²) in [6, 6.07) is 12.2. The SMILES string of the molecule is CC(O)(Cc1ccccn1)c1ccc(O)cc1. The number of aliphatic hydroxyl groups is 1. The molecule has 1 aromatic carbocycles. The molecule has 0 fully saturated rings. The van der Waals surface area contributed by atoms with Gasteiger partial charge in [0.15, 0.2) is 0 Å². The summed E-state index contributed by atoms with van der Waals surface area (Å²) in [6.07, 6.45) is 2.15. The molecular weight excluding hydrogens is 214 g/mol. The first-order valence-electron chi connectivity index (χ1n) is 5.50. The van der Waals surface area contributed by atoms with Crippen molar-refractivity contribution >= 4 is 0 Å². The number of hydrogen-bond donors (Lipinski definition) is 2. The molecule has 1 atom stereocenters. The average Bonchev–Trinajstić information content (AvgIpc) is 2.30. The van der Waals surface area contributed by atoms with Gasteiger partial charge in [-0.2, -0.15) is 0 Å². The molecule has 0 radical (unpaired) electrons. The maximum Gasteiger partial charge on any atom is 0.115 e. The van der Waals surface area contributed by atoms with E-state index in [1.54, 1.807) is 37.4 Å². The Balaban J connectivity index is 2.21. The quantitative estimate of drug-likeness (QED) is 0.848. The van der Waals surface area contributed by atoms with E-state index in [2.05, 4.69) is 4.98 Å². The monoisotopic (exact) mass is 229 g/mol. The molecule has 0 saturated carbocycles. The number of rotatable bonds is 3. The van der Waals surface area contributed by atoms with Crippen LogP contribution in [-0.4, -0.2) is 15.2 Å². The Morgan fingerprint density at radius 1 is 1.12 bits per heavy atom. The molecule has 1 aromatic heterocycles. The first-order chi connectivity index (χ1) is 8.08. The normalized spacial score (nSPS) is 14.2. The van der Waals surface area contributed by atoms with Crippen molar-refractivity contribution in [1.82, 2.24) is 4.98 Å². The summed E-state index contributed by atoms with van der Waals surface area (Å²) in [5.74, 6) is 0.197. The van der Waals surface area contributed by atoms with E-state index in [1.807, 2.05) is 18.2 Å². The molecule has 3 nitrogen and oxygen atoms in total. The van der Waals surface area contributed by atoms with E-state index in [1.165, 1.54) is 0 Å². The molecule has 0 aliphatic heterocycles. The average molecular weight is 229 g/mol. The van der Waals surface area contributed by atoms with Crippen molar-refractivity contribution in [2.24, 2.45) is 0 Å². The predicted octanol–water partition coefficient (Wildman–Crippen LogP) is 2.24. The van der Waals surface area contributed by atoms with E-state index in [0.717, 1.165) is 11.3 Å². The van der Waals surface area contributed by atoms with Gasteiger partial charge in [-0.25, -0.2) is 0 Å². The van der Waals surface area contributed by atoms with Crippen molar-refractivity contribution in [3.05, 3.63) is 59.9 Å². The highest BCUT2D eigenvalue weighted by atomic mass is 16.3. The molecule has 2 rings (SSSR count). The van der Waals surface area contributed by atoms with Crippen molar-refractivity contribution in [3.63, 3.8) is 0 Å². The lowest BCUT2D eigenvalue weighted by molar-refractivity contribution is 0.0565. The van der Waals surface area contributed by atoms with Crippen molar-refractivity contribution in [3.8, 4) is 5.75 Å². The Hall–Kier alpha value is -1.87. The number of aromatic nitrogens is 1. The van der Waals surface area contributed by atoms with Crippen LogP contribution in [-0.2, 0) is 12.0 Å². The van der Waals surface area contributed by atoms with Crippen LogP contribution >= 0.6 is 0 Å². The summed E-state index contributed by atoms with van der Waals surface area (Å²) in [7, 11) is 0. The third-order valence-electron chi connectivity index (χ3n) is 2.74. The summed E-state index contributed by atoms with van der Waals surface area (Å²) in [6.45, 7) is 1.74. The molecule has 0 saturated heterocycles. The van der Waals surface area contributed by atoms with E-state index in [9.17, 15) is 10.2 Å². The Morgan fingerprint density at radius 2 is 1.82 bits per heavy atom. The maximum atomic E-state index is 10.4. The first kappa shape index (κ1) is 11.6. The minimum absolute atomic E-state index is 0.197. The van der Waals surface area contributed by atoms with Gasteiger partial charge in [-0.05, 0) is 36.8 Å². The van der Waals surface area contributed by atoms with Crippen LogP contribution in [0.3, 0.4) is 0 Å². The van der Waals surface area contributed by atoms with Gasteiger partial charge >= 0.3 is 0 Å². The number of phenols is 1. The summed E-state index contributed by atoms with van der Waals surface area (Å²) in [4.78, 5) is 4.20. The summed E-state index contributed by atoms with van der Waals surface area (Å²) in [5.41, 5.74) is 0.619. The standard InChI is InChI=1S/C14H15NO2/c1-14(17,10-12-4-2-3-9-15-12)11-5-7-13(16)8-6-11/h2-9,16-17H,10H2,1H3. The maximum absolute atomic E-state index is 10.4. The van der Waals surface area contributed by atoms with Gasteiger partial charge < -0.3 is 10.2 Å². The minimum Gasteiger partial charge on any atom is -0.508 e. The van der Waals surface area contributed by atoms with Crippen LogP contribution in [0.2, 0.25) is 0 Å². The topological polar surface area (TPSA) is 53.4 Å². The predicted molar refractivity (Wildman–Crippen MR) is 65.6 cm³/mol. The van der Waals surface area contributed by atoms with E-state index in [4.69, 9.17) is 0 Å². The van der Waals surface area contributed by atoms with Crippen molar-refractivity contribution < 1.29 is 10.2 Å². The fraction of sp³-hybridized carbons (Fsp3) is 0.214. The smallest absolute Gasteiger partial charge is 0.115 e. The van der Waals surface area contributed by atoms with E-state index >= 15 is 0 Å². The summed E-state index contributed by atoms with van der Waals surface area (Å²) in [5, 5.41) is 19.6. The minimum atomic E-state index is -0.984. The van der Waals surface area contributed by atoms with Gasteiger partial charge in [-0.1, -0.05) is 18.2 Å². The van der Waals surface area contributed by atoms with Crippen LogP contribution in [0.1, 0.15) is 18.2 Å². The van der Waals surface area contributed by atoms with Crippen LogP contribution in [0.5, 0.6) is 5.75 Å². The molecule has 0 amide bonds. The largest absolute Gasteiger partial charge is 0.508 e.